The van der Waals surface area contributed by atoms with Crippen molar-refractivity contribution < 1.29 is 14.1 Å². The number of hydrogen-bond donors (Lipinski definition) is 2. The van der Waals surface area contributed by atoms with Crippen LogP contribution in [0.4, 0.5) is 10.5 Å². The summed E-state index contributed by atoms with van der Waals surface area (Å²) in [4.78, 5) is 16.5. The minimum absolute atomic E-state index is 0.0723. The van der Waals surface area contributed by atoms with Crippen molar-refractivity contribution in [2.45, 2.75) is 44.2 Å². The quantitative estimate of drug-likeness (QED) is 0.901. The molecule has 2 amide bonds. The van der Waals surface area contributed by atoms with Gasteiger partial charge in [-0.05, 0) is 43.9 Å². The molecule has 2 aromatic rings. The molecule has 0 unspecified atom stereocenters. The maximum Gasteiger partial charge on any atom is 0.319 e. The molecule has 2 N–H and O–H groups in total. The van der Waals surface area contributed by atoms with Crippen molar-refractivity contribution in [3.8, 4) is 0 Å². The molecule has 1 aliphatic heterocycles. The number of urea groups is 1. The lowest BCUT2D eigenvalue weighted by atomic mass is 10.0. The third-order valence-corrected chi connectivity index (χ3v) is 4.52. The van der Waals surface area contributed by atoms with Crippen molar-refractivity contribution in [1.29, 1.82) is 0 Å². The number of pyridine rings is 1. The summed E-state index contributed by atoms with van der Waals surface area (Å²) >= 11 is 0. The lowest BCUT2D eigenvalue weighted by molar-refractivity contribution is 0.100. The van der Waals surface area contributed by atoms with Crippen LogP contribution in [0, 0.1) is 6.92 Å². The van der Waals surface area contributed by atoms with E-state index in [9.17, 15) is 4.79 Å². The van der Waals surface area contributed by atoms with Crippen LogP contribution in [0.15, 0.2) is 29.0 Å². The molecule has 2 aliphatic rings. The first-order valence-corrected chi connectivity index (χ1v) is 8.27. The number of anilines is 1. The fourth-order valence-corrected chi connectivity index (χ4v) is 3.10. The summed E-state index contributed by atoms with van der Waals surface area (Å²) < 4.78 is 11.1. The Labute approximate surface area is 139 Å². The van der Waals surface area contributed by atoms with E-state index in [1.165, 1.54) is 0 Å². The van der Waals surface area contributed by atoms with Crippen LogP contribution in [-0.4, -0.2) is 28.8 Å². The molecule has 7 heteroatoms. The average Bonchev–Trinajstić information content (AvgIpc) is 3.23. The number of rotatable bonds is 4. The SMILES string of the molecule is Cc1noc(C2CC2)c1NC(=O)N[C@@H]1CCO[C@H]1c1ccncc1. The maximum atomic E-state index is 12.4. The Morgan fingerprint density at radius 3 is 2.79 bits per heavy atom. The Morgan fingerprint density at radius 2 is 2.04 bits per heavy atom. The molecule has 2 atom stereocenters. The van der Waals surface area contributed by atoms with Gasteiger partial charge in [0.2, 0.25) is 0 Å². The number of ether oxygens (including phenoxy) is 1. The molecule has 126 valence electrons. The molecule has 0 bridgehead atoms. The molecule has 0 radical (unpaired) electrons. The number of carbonyl (C=O) groups is 1. The topological polar surface area (TPSA) is 89.3 Å². The lowest BCUT2D eigenvalue weighted by Crippen LogP contribution is -2.39. The second-order valence-electron chi connectivity index (χ2n) is 6.35. The number of aromatic nitrogens is 2. The van der Waals surface area contributed by atoms with Gasteiger partial charge < -0.3 is 19.9 Å². The van der Waals surface area contributed by atoms with Crippen LogP contribution in [0.5, 0.6) is 0 Å². The molecule has 2 aromatic heterocycles. The number of nitrogens with one attached hydrogen (secondary N) is 2. The van der Waals surface area contributed by atoms with Crippen LogP contribution in [0.3, 0.4) is 0 Å². The van der Waals surface area contributed by atoms with Crippen molar-refractivity contribution in [2.24, 2.45) is 0 Å². The fraction of sp³-hybridized carbons (Fsp3) is 0.471. The standard InChI is InChI=1S/C17H20N4O3/c1-10-14(16(24-21-10)11-2-3-11)20-17(22)19-13-6-9-23-15(13)12-4-7-18-8-5-12/h4-5,7-8,11,13,15H,2-3,6,9H2,1H3,(H2,19,20,22)/t13-,15+/m1/s1. The first-order chi connectivity index (χ1) is 11.7. The average molecular weight is 328 g/mol. The highest BCUT2D eigenvalue weighted by molar-refractivity contribution is 5.90. The highest BCUT2D eigenvalue weighted by atomic mass is 16.5. The highest BCUT2D eigenvalue weighted by Crippen LogP contribution is 2.44. The number of amides is 2. The van der Waals surface area contributed by atoms with E-state index in [2.05, 4.69) is 20.8 Å². The van der Waals surface area contributed by atoms with E-state index < -0.39 is 0 Å². The normalized spacial score (nSPS) is 23.2. The van der Waals surface area contributed by atoms with E-state index in [1.807, 2.05) is 19.1 Å². The predicted octanol–water partition coefficient (Wildman–Crippen LogP) is 2.91. The van der Waals surface area contributed by atoms with E-state index >= 15 is 0 Å². The Balaban J connectivity index is 1.43. The van der Waals surface area contributed by atoms with Crippen LogP contribution in [-0.2, 0) is 4.74 Å². The van der Waals surface area contributed by atoms with E-state index in [4.69, 9.17) is 9.26 Å². The fourth-order valence-electron chi connectivity index (χ4n) is 3.10. The summed E-state index contributed by atoms with van der Waals surface area (Å²) in [5.74, 6) is 1.18. The molecule has 1 saturated heterocycles. The lowest BCUT2D eigenvalue weighted by Gasteiger charge is -2.20. The maximum absolute atomic E-state index is 12.4. The summed E-state index contributed by atoms with van der Waals surface area (Å²) in [5.41, 5.74) is 2.43. The molecule has 1 saturated carbocycles. The zero-order chi connectivity index (χ0) is 16.5. The van der Waals surface area contributed by atoms with Gasteiger partial charge in [-0.1, -0.05) is 5.16 Å². The zero-order valence-corrected chi connectivity index (χ0v) is 13.5. The van der Waals surface area contributed by atoms with E-state index in [0.717, 1.165) is 30.6 Å². The van der Waals surface area contributed by atoms with Crippen LogP contribution in [0.25, 0.3) is 0 Å². The van der Waals surface area contributed by atoms with Gasteiger partial charge in [0.05, 0.1) is 6.04 Å². The molecule has 24 heavy (non-hydrogen) atoms. The first kappa shape index (κ1) is 15.1. The first-order valence-electron chi connectivity index (χ1n) is 8.27. The van der Waals surface area contributed by atoms with Gasteiger partial charge in [0.25, 0.3) is 0 Å². The Kier molecular flexibility index (Phi) is 3.93. The van der Waals surface area contributed by atoms with Gasteiger partial charge in [0.1, 0.15) is 17.5 Å². The Morgan fingerprint density at radius 1 is 1.25 bits per heavy atom. The highest BCUT2D eigenvalue weighted by Gasteiger charge is 2.34. The third-order valence-electron chi connectivity index (χ3n) is 4.52. The molecule has 2 fully saturated rings. The van der Waals surface area contributed by atoms with Gasteiger partial charge in [0, 0.05) is 24.9 Å². The minimum atomic E-state index is -0.252. The molecular weight excluding hydrogens is 308 g/mol. The molecule has 0 aromatic carbocycles. The molecular formula is C17H20N4O3. The molecule has 4 rings (SSSR count). The largest absolute Gasteiger partial charge is 0.371 e. The summed E-state index contributed by atoms with van der Waals surface area (Å²) in [7, 11) is 0. The number of hydrogen-bond acceptors (Lipinski definition) is 5. The second-order valence-corrected chi connectivity index (χ2v) is 6.35. The van der Waals surface area contributed by atoms with Crippen LogP contribution < -0.4 is 10.6 Å². The van der Waals surface area contributed by atoms with Crippen molar-refractivity contribution in [1.82, 2.24) is 15.5 Å². The molecule has 7 nitrogen and oxygen atoms in total. The third kappa shape index (κ3) is 2.99. The van der Waals surface area contributed by atoms with Gasteiger partial charge in [-0.15, -0.1) is 0 Å². The van der Waals surface area contributed by atoms with Gasteiger partial charge in [-0.25, -0.2) is 4.79 Å². The van der Waals surface area contributed by atoms with Gasteiger partial charge in [-0.2, -0.15) is 0 Å². The van der Waals surface area contributed by atoms with Gasteiger partial charge in [-0.3, -0.25) is 4.98 Å². The van der Waals surface area contributed by atoms with Gasteiger partial charge in [0.15, 0.2) is 5.76 Å². The van der Waals surface area contributed by atoms with Crippen molar-refractivity contribution >= 4 is 11.7 Å². The van der Waals surface area contributed by atoms with E-state index in [0.29, 0.717) is 23.9 Å². The van der Waals surface area contributed by atoms with Gasteiger partial charge >= 0.3 is 6.03 Å². The molecule has 1 aliphatic carbocycles. The summed E-state index contributed by atoms with van der Waals surface area (Å²) in [6, 6.07) is 3.50. The number of nitrogens with zero attached hydrogens (tertiary/aromatic N) is 2. The smallest absolute Gasteiger partial charge is 0.319 e. The van der Waals surface area contributed by atoms with Crippen molar-refractivity contribution in [3.05, 3.63) is 41.5 Å². The van der Waals surface area contributed by atoms with E-state index in [1.54, 1.807) is 12.4 Å². The number of aryl methyl sites for hydroxylation is 1. The number of carbonyl (C=O) groups excluding carboxylic acids is 1. The Hall–Kier alpha value is -2.41. The monoisotopic (exact) mass is 328 g/mol. The second kappa shape index (κ2) is 6.24. The van der Waals surface area contributed by atoms with Crippen LogP contribution in [0.1, 0.15) is 48.3 Å². The minimum Gasteiger partial charge on any atom is -0.371 e. The van der Waals surface area contributed by atoms with Crippen molar-refractivity contribution in [3.63, 3.8) is 0 Å². The Bertz CT molecular complexity index is 727. The zero-order valence-electron chi connectivity index (χ0n) is 13.5. The van der Waals surface area contributed by atoms with Crippen LogP contribution >= 0.6 is 0 Å². The van der Waals surface area contributed by atoms with Crippen LogP contribution in [0.2, 0.25) is 0 Å². The van der Waals surface area contributed by atoms with Crippen molar-refractivity contribution in [2.75, 3.05) is 11.9 Å². The summed E-state index contributed by atoms with van der Waals surface area (Å²) in [6.07, 6.45) is 6.27. The predicted molar refractivity (Wildman–Crippen MR) is 86.7 cm³/mol. The van der Waals surface area contributed by atoms with E-state index in [-0.39, 0.29) is 18.2 Å². The summed E-state index contributed by atoms with van der Waals surface area (Å²) in [5, 5.41) is 9.90. The molecule has 0 spiro atoms. The molecule has 3 heterocycles. The summed E-state index contributed by atoms with van der Waals surface area (Å²) in [6.45, 7) is 2.46.